The molecule has 0 aromatic heterocycles. The lowest BCUT2D eigenvalue weighted by Gasteiger charge is -2.18. The van der Waals surface area contributed by atoms with Gasteiger partial charge in [0.25, 0.3) is 0 Å². The van der Waals surface area contributed by atoms with Crippen LogP contribution in [0, 0.1) is 5.92 Å². The first kappa shape index (κ1) is 9.88. The Balaban J connectivity index is 2.40. The Bertz CT molecular complexity index is 141. The van der Waals surface area contributed by atoms with Gasteiger partial charge in [-0.15, -0.1) is 0 Å². The van der Waals surface area contributed by atoms with Crippen LogP contribution in [0.15, 0.2) is 0 Å². The van der Waals surface area contributed by atoms with Crippen LogP contribution in [-0.2, 0) is 9.57 Å². The van der Waals surface area contributed by atoms with Gasteiger partial charge in [-0.2, -0.15) is 0 Å². The monoisotopic (exact) mass is 177 g/mol. The molecule has 0 bridgehead atoms. The number of rotatable bonds is 3. The predicted octanol–water partition coefficient (Wildman–Crippen LogP) is 0.812. The summed E-state index contributed by atoms with van der Waals surface area (Å²) >= 11 is 0. The Hall–Kier alpha value is -0.200. The molecule has 12 heavy (non-hydrogen) atoms. The molecule has 0 aromatic carbocycles. The van der Waals surface area contributed by atoms with Gasteiger partial charge in [0, 0.05) is 7.11 Å². The third kappa shape index (κ3) is 2.40. The first-order valence-corrected chi connectivity index (χ1v) is 4.01. The molecule has 0 aliphatic heterocycles. The van der Waals surface area contributed by atoms with Crippen LogP contribution < -0.4 is 0 Å². The molecule has 0 radical (unpaired) electrons. The minimum atomic E-state index is -0.250. The zero-order valence-corrected chi connectivity index (χ0v) is 7.30. The summed E-state index contributed by atoms with van der Waals surface area (Å²) in [6, 6.07) is 0. The summed E-state index contributed by atoms with van der Waals surface area (Å²) in [6.07, 6.45) is 1.40. The van der Waals surface area contributed by atoms with Crippen LogP contribution in [0.3, 0.4) is 0 Å². The first-order chi connectivity index (χ1) is 5.63. The molecule has 5 nitrogen and oxygen atoms in total. The van der Waals surface area contributed by atoms with Gasteiger partial charge in [0.1, 0.15) is 6.10 Å². The molecule has 0 saturated heterocycles. The highest BCUT2D eigenvalue weighted by molar-refractivity contribution is 4.82. The van der Waals surface area contributed by atoms with E-state index in [1.54, 1.807) is 7.11 Å². The van der Waals surface area contributed by atoms with E-state index in [1.165, 1.54) is 0 Å². The number of ether oxygens (including phenoxy) is 1. The van der Waals surface area contributed by atoms with E-state index in [-0.39, 0.29) is 17.6 Å². The fourth-order valence-corrected chi connectivity index (χ4v) is 1.67. The van der Waals surface area contributed by atoms with Gasteiger partial charge in [-0.05, 0) is 18.8 Å². The summed E-state index contributed by atoms with van der Waals surface area (Å²) in [4.78, 5) is 4.70. The lowest BCUT2D eigenvalue weighted by atomic mass is 10.1. The van der Waals surface area contributed by atoms with Crippen LogP contribution in [-0.4, -0.2) is 35.1 Å². The summed E-state index contributed by atoms with van der Waals surface area (Å²) in [5, 5.41) is 16.6. The van der Waals surface area contributed by atoms with Crippen molar-refractivity contribution in [2.24, 2.45) is 5.92 Å². The highest BCUT2D eigenvalue weighted by atomic mass is 17.1. The molecule has 0 spiro atoms. The molecule has 1 fully saturated rings. The van der Waals surface area contributed by atoms with Gasteiger partial charge in [-0.25, -0.2) is 4.84 Å². The third-order valence-corrected chi connectivity index (χ3v) is 2.22. The summed E-state index contributed by atoms with van der Waals surface area (Å²) < 4.78 is 5.12. The van der Waals surface area contributed by atoms with E-state index in [1.807, 2.05) is 0 Å². The number of hydrogen-bond donors (Lipinski definition) is 2. The van der Waals surface area contributed by atoms with Gasteiger partial charge in [0.05, 0.1) is 11.5 Å². The van der Waals surface area contributed by atoms with E-state index in [4.69, 9.17) is 20.0 Å². The molecule has 0 amide bonds. The van der Waals surface area contributed by atoms with Gasteiger partial charge < -0.3 is 4.74 Å². The van der Waals surface area contributed by atoms with E-state index in [0.29, 0.717) is 5.92 Å². The molecule has 0 heterocycles. The van der Waals surface area contributed by atoms with Gasteiger partial charge in [-0.3, -0.25) is 10.4 Å². The van der Waals surface area contributed by atoms with Crippen molar-refractivity contribution < 1.29 is 20.0 Å². The van der Waals surface area contributed by atoms with Crippen molar-refractivity contribution in [2.75, 3.05) is 7.11 Å². The van der Waals surface area contributed by atoms with E-state index >= 15 is 0 Å². The van der Waals surface area contributed by atoms with Gasteiger partial charge in [-0.1, -0.05) is 6.92 Å². The zero-order chi connectivity index (χ0) is 9.14. The summed E-state index contributed by atoms with van der Waals surface area (Å²) in [5.74, 6) is 0.500. The SMILES string of the molecule is COC1CC(C)CC1ON(O)O. The molecule has 1 saturated carbocycles. The molecule has 1 aliphatic carbocycles. The van der Waals surface area contributed by atoms with Crippen LogP contribution >= 0.6 is 0 Å². The van der Waals surface area contributed by atoms with E-state index in [0.717, 1.165) is 12.8 Å². The van der Waals surface area contributed by atoms with Crippen molar-refractivity contribution in [3.05, 3.63) is 0 Å². The molecular weight excluding hydrogens is 162 g/mol. The molecule has 1 rings (SSSR count). The Morgan fingerprint density at radius 1 is 1.25 bits per heavy atom. The molecule has 3 atom stereocenters. The Morgan fingerprint density at radius 3 is 2.33 bits per heavy atom. The van der Waals surface area contributed by atoms with Gasteiger partial charge >= 0.3 is 0 Å². The van der Waals surface area contributed by atoms with Gasteiger partial charge in [0.15, 0.2) is 0 Å². The maximum absolute atomic E-state index is 8.42. The molecule has 0 aromatic rings. The van der Waals surface area contributed by atoms with Gasteiger partial charge in [0.2, 0.25) is 0 Å². The molecule has 3 unspecified atom stereocenters. The molecule has 1 aliphatic rings. The minimum absolute atomic E-state index is 0.0400. The molecule has 72 valence electrons. The van der Waals surface area contributed by atoms with Crippen molar-refractivity contribution in [3.8, 4) is 0 Å². The lowest BCUT2D eigenvalue weighted by Crippen LogP contribution is -2.31. The fraction of sp³-hybridized carbons (Fsp3) is 1.00. The van der Waals surface area contributed by atoms with Crippen LogP contribution in [0.4, 0.5) is 0 Å². The molecular formula is C7H15NO4. The number of nitrogens with zero attached hydrogens (tertiary/aromatic N) is 1. The topological polar surface area (TPSA) is 62.2 Å². The highest BCUT2D eigenvalue weighted by Crippen LogP contribution is 2.29. The zero-order valence-electron chi connectivity index (χ0n) is 7.30. The number of hydrogen-bond acceptors (Lipinski definition) is 5. The second-order valence-electron chi connectivity index (χ2n) is 3.25. The van der Waals surface area contributed by atoms with Crippen LogP contribution in [0.2, 0.25) is 0 Å². The van der Waals surface area contributed by atoms with Crippen molar-refractivity contribution in [1.29, 1.82) is 0 Å². The van der Waals surface area contributed by atoms with Crippen LogP contribution in [0.1, 0.15) is 19.8 Å². The normalized spacial score (nSPS) is 36.2. The first-order valence-electron chi connectivity index (χ1n) is 4.01. The molecule has 2 N–H and O–H groups in total. The average Bonchev–Trinajstić information content (AvgIpc) is 2.29. The Morgan fingerprint density at radius 2 is 1.83 bits per heavy atom. The largest absolute Gasteiger partial charge is 0.379 e. The Kier molecular flexibility index (Phi) is 3.42. The van der Waals surface area contributed by atoms with Crippen molar-refractivity contribution >= 4 is 0 Å². The highest BCUT2D eigenvalue weighted by Gasteiger charge is 2.34. The molecule has 5 heteroatoms. The smallest absolute Gasteiger partial charge is 0.111 e. The summed E-state index contributed by atoms with van der Waals surface area (Å²) in [5.41, 5.74) is 0. The lowest BCUT2D eigenvalue weighted by molar-refractivity contribution is -0.507. The van der Waals surface area contributed by atoms with Crippen LogP contribution in [0.25, 0.3) is 0 Å². The van der Waals surface area contributed by atoms with E-state index in [9.17, 15) is 0 Å². The average molecular weight is 177 g/mol. The maximum atomic E-state index is 8.42. The third-order valence-electron chi connectivity index (χ3n) is 2.22. The van der Waals surface area contributed by atoms with Crippen molar-refractivity contribution in [1.82, 2.24) is 5.39 Å². The maximum Gasteiger partial charge on any atom is 0.111 e. The van der Waals surface area contributed by atoms with E-state index < -0.39 is 0 Å². The minimum Gasteiger partial charge on any atom is -0.379 e. The second kappa shape index (κ2) is 4.15. The van der Waals surface area contributed by atoms with Crippen LogP contribution in [0.5, 0.6) is 0 Å². The fourth-order valence-electron chi connectivity index (χ4n) is 1.67. The summed E-state index contributed by atoms with van der Waals surface area (Å²) in [6.45, 7) is 2.08. The standard InChI is InChI=1S/C7H15NO4/c1-5-3-6(11-2)7(4-5)12-8(9)10/h5-7,9-10H,3-4H2,1-2H3. The number of methoxy groups -OCH3 is 1. The van der Waals surface area contributed by atoms with Crippen molar-refractivity contribution in [2.45, 2.75) is 32.0 Å². The van der Waals surface area contributed by atoms with Crippen molar-refractivity contribution in [3.63, 3.8) is 0 Å². The Labute approximate surface area is 71.4 Å². The quantitative estimate of drug-likeness (QED) is 0.625. The predicted molar refractivity (Wildman–Crippen MR) is 39.5 cm³/mol. The van der Waals surface area contributed by atoms with E-state index in [2.05, 4.69) is 6.92 Å². The summed E-state index contributed by atoms with van der Waals surface area (Å²) in [7, 11) is 1.60. The second-order valence-corrected chi connectivity index (χ2v) is 3.25.